The van der Waals surface area contributed by atoms with E-state index < -0.39 is 0 Å². The summed E-state index contributed by atoms with van der Waals surface area (Å²) in [5.41, 5.74) is 3.02. The van der Waals surface area contributed by atoms with Gasteiger partial charge in [-0.3, -0.25) is 4.57 Å². The number of aromatic hydroxyl groups is 1. The van der Waals surface area contributed by atoms with Crippen molar-refractivity contribution in [1.29, 1.82) is 0 Å². The van der Waals surface area contributed by atoms with Crippen LogP contribution in [0.3, 0.4) is 0 Å². The molecule has 0 atom stereocenters. The first kappa shape index (κ1) is 15.1. The average molecular weight is 308 g/mol. The second-order valence-corrected chi connectivity index (χ2v) is 5.26. The number of benzene rings is 2. The van der Waals surface area contributed by atoms with Crippen LogP contribution >= 0.6 is 0 Å². The zero-order valence-corrected chi connectivity index (χ0v) is 13.3. The minimum absolute atomic E-state index is 0.217. The first-order chi connectivity index (χ1) is 11.2. The molecule has 3 aromatic rings. The molecule has 0 radical (unpaired) electrons. The van der Waals surface area contributed by atoms with Gasteiger partial charge >= 0.3 is 0 Å². The zero-order chi connectivity index (χ0) is 16.2. The molecule has 0 spiro atoms. The van der Waals surface area contributed by atoms with Crippen LogP contribution in [0.1, 0.15) is 13.8 Å². The molecule has 0 bridgehead atoms. The van der Waals surface area contributed by atoms with Gasteiger partial charge in [0.2, 0.25) is 0 Å². The third-order valence-electron chi connectivity index (χ3n) is 3.91. The number of phenols is 1. The van der Waals surface area contributed by atoms with Crippen LogP contribution in [0.5, 0.6) is 5.75 Å². The van der Waals surface area contributed by atoms with Gasteiger partial charge in [0.1, 0.15) is 12.1 Å². The van der Waals surface area contributed by atoms with Crippen molar-refractivity contribution >= 4 is 5.69 Å². The molecule has 0 unspecified atom stereocenters. The summed E-state index contributed by atoms with van der Waals surface area (Å²) in [6.07, 6.45) is 1.69. The number of hydrogen-bond acceptors (Lipinski definition) is 4. The number of nitrogens with zero attached hydrogens (tertiary/aromatic N) is 4. The van der Waals surface area contributed by atoms with E-state index in [0.29, 0.717) is 5.82 Å². The van der Waals surface area contributed by atoms with Crippen LogP contribution in [0.4, 0.5) is 5.69 Å². The van der Waals surface area contributed by atoms with E-state index in [2.05, 4.69) is 53.2 Å². The summed E-state index contributed by atoms with van der Waals surface area (Å²) in [7, 11) is 0. The zero-order valence-electron chi connectivity index (χ0n) is 13.3. The average Bonchev–Trinajstić information content (AvgIpc) is 3.06. The molecule has 23 heavy (non-hydrogen) atoms. The summed E-state index contributed by atoms with van der Waals surface area (Å²) in [5.74, 6) is 0.922. The normalized spacial score (nSPS) is 10.7. The van der Waals surface area contributed by atoms with Gasteiger partial charge in [0.15, 0.2) is 5.82 Å². The van der Waals surface area contributed by atoms with E-state index in [0.717, 1.165) is 24.3 Å². The number of anilines is 1. The molecule has 2 aromatic carbocycles. The lowest BCUT2D eigenvalue weighted by Crippen LogP contribution is -2.21. The maximum atomic E-state index is 9.66. The number of hydrogen-bond donors (Lipinski definition) is 1. The lowest BCUT2D eigenvalue weighted by Gasteiger charge is -2.21. The van der Waals surface area contributed by atoms with E-state index in [4.69, 9.17) is 0 Å². The Morgan fingerprint density at radius 1 is 1.04 bits per heavy atom. The van der Waals surface area contributed by atoms with Crippen LogP contribution in [0, 0.1) is 0 Å². The van der Waals surface area contributed by atoms with Crippen molar-refractivity contribution in [2.24, 2.45) is 0 Å². The second-order valence-electron chi connectivity index (χ2n) is 5.26. The molecule has 0 fully saturated rings. The van der Waals surface area contributed by atoms with Gasteiger partial charge in [-0.05, 0) is 50.2 Å². The van der Waals surface area contributed by atoms with Crippen molar-refractivity contribution in [3.05, 3.63) is 54.9 Å². The molecular weight excluding hydrogens is 288 g/mol. The fraction of sp³-hybridized carbons (Fsp3) is 0.222. The predicted molar refractivity (Wildman–Crippen MR) is 92.0 cm³/mol. The van der Waals surface area contributed by atoms with Crippen LogP contribution in [0.2, 0.25) is 0 Å². The largest absolute Gasteiger partial charge is 0.508 e. The summed E-state index contributed by atoms with van der Waals surface area (Å²) in [5, 5.41) is 17.9. The minimum Gasteiger partial charge on any atom is -0.508 e. The van der Waals surface area contributed by atoms with Crippen molar-refractivity contribution < 1.29 is 5.11 Å². The van der Waals surface area contributed by atoms with E-state index in [1.165, 1.54) is 5.69 Å². The maximum Gasteiger partial charge on any atom is 0.168 e. The van der Waals surface area contributed by atoms with E-state index in [1.807, 2.05) is 10.6 Å². The Kier molecular flexibility index (Phi) is 4.28. The first-order valence-electron chi connectivity index (χ1n) is 7.77. The molecule has 5 heteroatoms. The molecule has 5 nitrogen and oxygen atoms in total. The quantitative estimate of drug-likeness (QED) is 0.784. The lowest BCUT2D eigenvalue weighted by atomic mass is 10.2. The van der Waals surface area contributed by atoms with Crippen molar-refractivity contribution in [3.8, 4) is 22.8 Å². The first-order valence-corrected chi connectivity index (χ1v) is 7.77. The van der Waals surface area contributed by atoms with Crippen LogP contribution in [0.25, 0.3) is 17.1 Å². The molecule has 1 heterocycles. The summed E-state index contributed by atoms with van der Waals surface area (Å²) in [4.78, 5) is 2.30. The highest BCUT2D eigenvalue weighted by atomic mass is 16.3. The van der Waals surface area contributed by atoms with Crippen molar-refractivity contribution in [3.63, 3.8) is 0 Å². The third kappa shape index (κ3) is 3.04. The number of phenolic OH excluding ortho intramolecular Hbond substituents is 1. The van der Waals surface area contributed by atoms with E-state index in [9.17, 15) is 5.11 Å². The Hall–Kier alpha value is -2.82. The van der Waals surface area contributed by atoms with Gasteiger partial charge in [-0.2, -0.15) is 0 Å². The van der Waals surface area contributed by atoms with Gasteiger partial charge < -0.3 is 10.0 Å². The Morgan fingerprint density at radius 3 is 2.43 bits per heavy atom. The Bertz CT molecular complexity index is 776. The molecular formula is C18H20N4O. The topological polar surface area (TPSA) is 54.2 Å². The van der Waals surface area contributed by atoms with Gasteiger partial charge in [0.05, 0.1) is 0 Å². The molecule has 0 saturated heterocycles. The van der Waals surface area contributed by atoms with Gasteiger partial charge in [-0.15, -0.1) is 10.2 Å². The molecule has 0 aliphatic rings. The minimum atomic E-state index is 0.217. The molecule has 0 aliphatic carbocycles. The van der Waals surface area contributed by atoms with Crippen LogP contribution in [0.15, 0.2) is 54.9 Å². The third-order valence-corrected chi connectivity index (χ3v) is 3.91. The standard InChI is InChI=1S/C18H20N4O/c1-3-21(4-2)15-8-10-16(11-9-15)22-13-19-20-18(22)14-6-5-7-17(23)12-14/h5-13,23H,3-4H2,1-2H3. The lowest BCUT2D eigenvalue weighted by molar-refractivity contribution is 0.475. The molecule has 0 aliphatic heterocycles. The summed E-state index contributed by atoms with van der Waals surface area (Å²) < 4.78 is 1.92. The second kappa shape index (κ2) is 6.52. The fourth-order valence-corrected chi connectivity index (χ4v) is 2.68. The Balaban J connectivity index is 1.96. The smallest absolute Gasteiger partial charge is 0.168 e. The van der Waals surface area contributed by atoms with Gasteiger partial charge in [0, 0.05) is 30.0 Å². The molecule has 1 N–H and O–H groups in total. The number of rotatable bonds is 5. The van der Waals surface area contributed by atoms with Crippen LogP contribution < -0.4 is 4.90 Å². The van der Waals surface area contributed by atoms with E-state index in [1.54, 1.807) is 24.5 Å². The molecule has 0 saturated carbocycles. The molecule has 1 aromatic heterocycles. The Labute approximate surface area is 135 Å². The van der Waals surface area contributed by atoms with Gasteiger partial charge in [-0.1, -0.05) is 12.1 Å². The fourth-order valence-electron chi connectivity index (χ4n) is 2.68. The summed E-state index contributed by atoms with van der Waals surface area (Å²) in [6.45, 7) is 6.27. The highest BCUT2D eigenvalue weighted by molar-refractivity contribution is 5.61. The monoisotopic (exact) mass is 308 g/mol. The van der Waals surface area contributed by atoms with Gasteiger partial charge in [0.25, 0.3) is 0 Å². The van der Waals surface area contributed by atoms with Crippen LogP contribution in [-0.2, 0) is 0 Å². The molecule has 0 amide bonds. The van der Waals surface area contributed by atoms with Crippen LogP contribution in [-0.4, -0.2) is 33.0 Å². The summed E-state index contributed by atoms with van der Waals surface area (Å²) in [6, 6.07) is 15.4. The molecule has 3 rings (SSSR count). The Morgan fingerprint density at radius 2 is 1.78 bits per heavy atom. The highest BCUT2D eigenvalue weighted by Crippen LogP contribution is 2.25. The van der Waals surface area contributed by atoms with E-state index >= 15 is 0 Å². The maximum absolute atomic E-state index is 9.66. The van der Waals surface area contributed by atoms with E-state index in [-0.39, 0.29) is 5.75 Å². The SMILES string of the molecule is CCN(CC)c1ccc(-n2cnnc2-c2cccc(O)c2)cc1. The van der Waals surface area contributed by atoms with Crippen molar-refractivity contribution in [1.82, 2.24) is 14.8 Å². The predicted octanol–water partition coefficient (Wildman–Crippen LogP) is 3.49. The number of aromatic nitrogens is 3. The van der Waals surface area contributed by atoms with Crippen molar-refractivity contribution in [2.75, 3.05) is 18.0 Å². The highest BCUT2D eigenvalue weighted by Gasteiger charge is 2.10. The molecule has 118 valence electrons. The van der Waals surface area contributed by atoms with Gasteiger partial charge in [-0.25, -0.2) is 0 Å². The van der Waals surface area contributed by atoms with Crippen molar-refractivity contribution in [2.45, 2.75) is 13.8 Å². The summed E-state index contributed by atoms with van der Waals surface area (Å²) >= 11 is 0.